The average Bonchev–Trinajstić information content (AvgIpc) is 2.35. The van der Waals surface area contributed by atoms with E-state index < -0.39 is 5.97 Å². The van der Waals surface area contributed by atoms with Crippen molar-refractivity contribution in [1.82, 2.24) is 0 Å². The molecule has 0 aliphatic carbocycles. The van der Waals surface area contributed by atoms with Gasteiger partial charge in [-0.25, -0.2) is 4.79 Å². The predicted octanol–water partition coefficient (Wildman–Crippen LogP) is 1.53. The summed E-state index contributed by atoms with van der Waals surface area (Å²) < 4.78 is 4.51. The van der Waals surface area contributed by atoms with Crippen molar-refractivity contribution in [2.24, 2.45) is 0 Å². The maximum atomic E-state index is 11.4. The van der Waals surface area contributed by atoms with Crippen molar-refractivity contribution in [2.45, 2.75) is 13.3 Å². The summed E-state index contributed by atoms with van der Waals surface area (Å²) in [6.07, 6.45) is 0.196. The summed E-state index contributed by atoms with van der Waals surface area (Å²) >= 11 is 0. The number of phenols is 1. The fraction of sp³-hybridized carbons (Fsp3) is 0.250. The highest BCUT2D eigenvalue weighted by molar-refractivity contribution is 6.45. The van der Waals surface area contributed by atoms with Crippen LogP contribution in [0.1, 0.15) is 29.3 Å². The molecule has 0 atom stereocenters. The van der Waals surface area contributed by atoms with Crippen molar-refractivity contribution < 1.29 is 19.4 Å². The summed E-state index contributed by atoms with van der Waals surface area (Å²) in [4.78, 5) is 22.6. The van der Waals surface area contributed by atoms with E-state index in [0.717, 1.165) is 0 Å². The number of aromatic hydroxyl groups is 1. The first kappa shape index (κ1) is 12.9. The highest BCUT2D eigenvalue weighted by Crippen LogP contribution is 2.17. The van der Waals surface area contributed by atoms with Gasteiger partial charge in [0.25, 0.3) is 0 Å². The Hall–Kier alpha value is -2.17. The number of rotatable bonds is 4. The Morgan fingerprint density at radius 1 is 1.29 bits per heavy atom. The van der Waals surface area contributed by atoms with Crippen LogP contribution in [0, 0.1) is 5.41 Å². The predicted molar refractivity (Wildman–Crippen MR) is 61.6 cm³/mol. The third kappa shape index (κ3) is 2.90. The van der Waals surface area contributed by atoms with Gasteiger partial charge in [-0.3, -0.25) is 10.2 Å². The summed E-state index contributed by atoms with van der Waals surface area (Å²) in [5.41, 5.74) is 0.0851. The number of benzene rings is 1. The molecule has 1 aromatic rings. The van der Waals surface area contributed by atoms with E-state index in [1.165, 1.54) is 25.3 Å². The molecule has 0 saturated heterocycles. The second-order valence-corrected chi connectivity index (χ2v) is 3.41. The van der Waals surface area contributed by atoms with Crippen molar-refractivity contribution >= 4 is 17.5 Å². The van der Waals surface area contributed by atoms with Crippen LogP contribution in [0.2, 0.25) is 0 Å². The van der Waals surface area contributed by atoms with E-state index in [0.29, 0.717) is 0 Å². The Bertz CT molecular complexity index is 479. The number of hydrogen-bond acceptors (Lipinski definition) is 5. The van der Waals surface area contributed by atoms with Gasteiger partial charge in [-0.15, -0.1) is 0 Å². The highest BCUT2D eigenvalue weighted by atomic mass is 16.5. The normalized spacial score (nSPS) is 9.76. The van der Waals surface area contributed by atoms with Crippen molar-refractivity contribution in [2.75, 3.05) is 7.11 Å². The topological polar surface area (TPSA) is 87.5 Å². The molecule has 1 rings (SSSR count). The van der Waals surface area contributed by atoms with Gasteiger partial charge in [-0.1, -0.05) is 6.92 Å². The Morgan fingerprint density at radius 3 is 2.41 bits per heavy atom. The molecule has 1 aromatic carbocycles. The molecular formula is C12H13NO4. The quantitative estimate of drug-likeness (QED) is 0.612. The first-order valence-corrected chi connectivity index (χ1v) is 5.04. The van der Waals surface area contributed by atoms with Crippen LogP contribution in [-0.4, -0.2) is 29.7 Å². The number of ketones is 1. The van der Waals surface area contributed by atoms with Crippen LogP contribution in [0.3, 0.4) is 0 Å². The van der Waals surface area contributed by atoms with Crippen LogP contribution in [0.25, 0.3) is 0 Å². The smallest absolute Gasteiger partial charge is 0.338 e. The van der Waals surface area contributed by atoms with Crippen LogP contribution in [-0.2, 0) is 9.53 Å². The molecular weight excluding hydrogens is 222 g/mol. The zero-order chi connectivity index (χ0) is 13.0. The van der Waals surface area contributed by atoms with Gasteiger partial charge >= 0.3 is 5.97 Å². The molecule has 0 saturated carbocycles. The lowest BCUT2D eigenvalue weighted by atomic mass is 10.0. The summed E-state index contributed by atoms with van der Waals surface area (Å²) in [7, 11) is 1.22. The van der Waals surface area contributed by atoms with Crippen molar-refractivity contribution in [3.05, 3.63) is 29.3 Å². The zero-order valence-corrected chi connectivity index (χ0v) is 9.61. The molecule has 0 bridgehead atoms. The van der Waals surface area contributed by atoms with E-state index in [2.05, 4.69) is 4.74 Å². The maximum absolute atomic E-state index is 11.4. The average molecular weight is 235 g/mol. The fourth-order valence-corrected chi connectivity index (χ4v) is 1.33. The summed E-state index contributed by atoms with van der Waals surface area (Å²) in [5, 5.41) is 17.0. The van der Waals surface area contributed by atoms with Gasteiger partial charge in [0.1, 0.15) is 11.5 Å². The number of hydrogen-bond donors (Lipinski definition) is 2. The van der Waals surface area contributed by atoms with Crippen molar-refractivity contribution in [1.29, 1.82) is 5.41 Å². The zero-order valence-electron chi connectivity index (χ0n) is 9.61. The molecule has 0 aromatic heterocycles. The van der Waals surface area contributed by atoms with Crippen LogP contribution in [0.4, 0.5) is 0 Å². The van der Waals surface area contributed by atoms with Gasteiger partial charge in [0.15, 0.2) is 5.78 Å². The fourth-order valence-electron chi connectivity index (χ4n) is 1.33. The minimum atomic E-state index is -0.626. The molecule has 17 heavy (non-hydrogen) atoms. The molecule has 0 unspecified atom stereocenters. The molecule has 2 N–H and O–H groups in total. The number of carbonyl (C=O) groups excluding carboxylic acids is 2. The number of Topliss-reactive ketones (excluding diaryl/α,β-unsaturated/α-hetero) is 1. The highest BCUT2D eigenvalue weighted by Gasteiger charge is 2.14. The van der Waals surface area contributed by atoms with E-state index in [1.54, 1.807) is 6.92 Å². The van der Waals surface area contributed by atoms with E-state index >= 15 is 0 Å². The third-order valence-electron chi connectivity index (χ3n) is 2.23. The minimum absolute atomic E-state index is 0.108. The Kier molecular flexibility index (Phi) is 3.98. The Labute approximate surface area is 98.5 Å². The largest absolute Gasteiger partial charge is 0.508 e. The molecule has 0 fully saturated rings. The lowest BCUT2D eigenvalue weighted by Gasteiger charge is -2.05. The first-order valence-electron chi connectivity index (χ1n) is 5.04. The van der Waals surface area contributed by atoms with Crippen LogP contribution in [0.15, 0.2) is 18.2 Å². The number of ether oxygens (including phenoxy) is 1. The van der Waals surface area contributed by atoms with Gasteiger partial charge in [-0.2, -0.15) is 0 Å². The molecule has 0 radical (unpaired) electrons. The monoisotopic (exact) mass is 235 g/mol. The summed E-state index contributed by atoms with van der Waals surface area (Å²) in [6, 6.07) is 3.84. The van der Waals surface area contributed by atoms with Crippen LogP contribution in [0.5, 0.6) is 5.75 Å². The van der Waals surface area contributed by atoms with Gasteiger partial charge in [0.2, 0.25) is 0 Å². The molecule has 5 nitrogen and oxygen atoms in total. The molecule has 0 aliphatic rings. The standard InChI is InChI=1S/C12H13NO4/c1-3-10(15)11(13)7-4-8(12(16)17-2)6-9(14)5-7/h4-6,13-14H,3H2,1-2H3. The molecule has 5 heteroatoms. The van der Waals surface area contributed by atoms with Gasteiger partial charge in [0, 0.05) is 12.0 Å². The van der Waals surface area contributed by atoms with Crippen molar-refractivity contribution in [3.8, 4) is 5.75 Å². The second kappa shape index (κ2) is 5.25. The summed E-state index contributed by atoms with van der Waals surface area (Å²) in [6.45, 7) is 1.64. The van der Waals surface area contributed by atoms with Crippen LogP contribution >= 0.6 is 0 Å². The lowest BCUT2D eigenvalue weighted by molar-refractivity contribution is -0.112. The Balaban J connectivity index is 3.18. The van der Waals surface area contributed by atoms with E-state index in [1.807, 2.05) is 0 Å². The first-order chi connectivity index (χ1) is 7.99. The number of methoxy groups -OCH3 is 1. The van der Waals surface area contributed by atoms with Gasteiger partial charge in [0.05, 0.1) is 12.7 Å². The van der Waals surface area contributed by atoms with Crippen LogP contribution < -0.4 is 0 Å². The maximum Gasteiger partial charge on any atom is 0.338 e. The molecule has 0 amide bonds. The third-order valence-corrected chi connectivity index (χ3v) is 2.23. The summed E-state index contributed by atoms with van der Waals surface area (Å²) in [5.74, 6) is -1.16. The Morgan fingerprint density at radius 2 is 1.88 bits per heavy atom. The second-order valence-electron chi connectivity index (χ2n) is 3.41. The van der Waals surface area contributed by atoms with Crippen molar-refractivity contribution in [3.63, 3.8) is 0 Å². The molecule has 0 aliphatic heterocycles. The van der Waals surface area contributed by atoms with E-state index in [9.17, 15) is 14.7 Å². The lowest BCUT2D eigenvalue weighted by Crippen LogP contribution is -2.13. The SMILES string of the molecule is CCC(=O)C(=N)c1cc(O)cc(C(=O)OC)c1. The van der Waals surface area contributed by atoms with E-state index in [4.69, 9.17) is 5.41 Å². The van der Waals surface area contributed by atoms with E-state index in [-0.39, 0.29) is 34.8 Å². The number of esters is 1. The number of carbonyl (C=O) groups is 2. The van der Waals surface area contributed by atoms with Gasteiger partial charge < -0.3 is 9.84 Å². The number of nitrogens with one attached hydrogen (secondary N) is 1. The molecule has 0 spiro atoms. The van der Waals surface area contributed by atoms with Gasteiger partial charge in [-0.05, 0) is 18.2 Å². The minimum Gasteiger partial charge on any atom is -0.508 e. The number of phenolic OH excluding ortho intramolecular Hbond substituents is 1. The molecule has 90 valence electrons. The molecule has 0 heterocycles.